The molecule has 0 aromatic rings. The summed E-state index contributed by atoms with van der Waals surface area (Å²) in [5.74, 6) is -2.40. The number of rotatable bonds is 21. The Morgan fingerprint density at radius 3 is 1.79 bits per heavy atom. The molecule has 0 rings (SSSR count). The highest BCUT2D eigenvalue weighted by atomic mass is 16.6. The molecule has 7 nitrogen and oxygen atoms in total. The molecule has 0 aliphatic heterocycles. The molecule has 0 aromatic carbocycles. The van der Waals surface area contributed by atoms with Gasteiger partial charge in [-0.1, -0.05) is 79.1 Å². The van der Waals surface area contributed by atoms with E-state index in [-0.39, 0.29) is 19.3 Å². The van der Waals surface area contributed by atoms with Gasteiger partial charge in [-0.15, -0.1) is 0 Å². The molecule has 0 aromatic heterocycles. The van der Waals surface area contributed by atoms with Crippen LogP contribution in [0.5, 0.6) is 0 Å². The molecule has 0 saturated carbocycles. The summed E-state index contributed by atoms with van der Waals surface area (Å²) >= 11 is 0. The Bertz CT molecular complexity index is 535. The predicted molar refractivity (Wildman–Crippen MR) is 129 cm³/mol. The van der Waals surface area contributed by atoms with E-state index >= 15 is 0 Å². The zero-order chi connectivity index (χ0) is 25.0. The molecule has 2 atom stereocenters. The van der Waals surface area contributed by atoms with Crippen molar-refractivity contribution in [1.82, 2.24) is 0 Å². The Morgan fingerprint density at radius 1 is 0.667 bits per heavy atom. The SMILES string of the molecule is CCCCCCC(CCC)OC(=O)CC(O)(CC(=O)OCCCCC)C(=O)OCCCCC. The number of carbonyl (C=O) groups is 3. The molecular weight excluding hydrogens is 424 g/mol. The lowest BCUT2D eigenvalue weighted by Gasteiger charge is -2.26. The van der Waals surface area contributed by atoms with Crippen molar-refractivity contribution in [2.75, 3.05) is 13.2 Å². The molecule has 1 N–H and O–H groups in total. The summed E-state index contributed by atoms with van der Waals surface area (Å²) in [5.41, 5.74) is -2.29. The van der Waals surface area contributed by atoms with Crippen LogP contribution in [0.3, 0.4) is 0 Å². The van der Waals surface area contributed by atoms with Crippen molar-refractivity contribution in [2.24, 2.45) is 0 Å². The van der Waals surface area contributed by atoms with Gasteiger partial charge >= 0.3 is 17.9 Å². The zero-order valence-electron chi connectivity index (χ0n) is 21.5. The molecule has 0 spiro atoms. The van der Waals surface area contributed by atoms with Gasteiger partial charge in [0, 0.05) is 0 Å². The summed E-state index contributed by atoms with van der Waals surface area (Å²) in [7, 11) is 0. The van der Waals surface area contributed by atoms with Crippen LogP contribution < -0.4 is 0 Å². The first-order chi connectivity index (χ1) is 15.8. The van der Waals surface area contributed by atoms with Gasteiger partial charge in [-0.2, -0.15) is 0 Å². The highest BCUT2D eigenvalue weighted by Gasteiger charge is 2.43. The number of carbonyl (C=O) groups excluding carboxylic acids is 3. The molecule has 7 heteroatoms. The number of hydrogen-bond acceptors (Lipinski definition) is 7. The van der Waals surface area contributed by atoms with Crippen LogP contribution in [-0.4, -0.2) is 47.9 Å². The first-order valence-electron chi connectivity index (χ1n) is 13.1. The topological polar surface area (TPSA) is 99.1 Å². The summed E-state index contributed by atoms with van der Waals surface area (Å²) in [4.78, 5) is 37.6. The van der Waals surface area contributed by atoms with E-state index in [1.165, 1.54) is 0 Å². The van der Waals surface area contributed by atoms with Crippen LogP contribution in [0.25, 0.3) is 0 Å². The molecule has 2 unspecified atom stereocenters. The molecule has 0 saturated heterocycles. The Morgan fingerprint density at radius 2 is 1.21 bits per heavy atom. The first-order valence-corrected chi connectivity index (χ1v) is 13.1. The van der Waals surface area contributed by atoms with Crippen LogP contribution in [-0.2, 0) is 28.6 Å². The maximum atomic E-state index is 12.7. The van der Waals surface area contributed by atoms with Gasteiger partial charge in [0.1, 0.15) is 6.10 Å². The van der Waals surface area contributed by atoms with Crippen molar-refractivity contribution in [2.45, 2.75) is 136 Å². The van der Waals surface area contributed by atoms with Gasteiger partial charge in [-0.3, -0.25) is 9.59 Å². The molecule has 33 heavy (non-hydrogen) atoms. The van der Waals surface area contributed by atoms with Gasteiger partial charge in [-0.25, -0.2) is 4.79 Å². The number of aliphatic hydroxyl groups is 1. The minimum Gasteiger partial charge on any atom is -0.466 e. The normalized spacial score (nSPS) is 13.7. The molecule has 0 aliphatic carbocycles. The van der Waals surface area contributed by atoms with Gasteiger partial charge < -0.3 is 19.3 Å². The average molecular weight is 473 g/mol. The van der Waals surface area contributed by atoms with Gasteiger partial charge in [0.25, 0.3) is 0 Å². The molecule has 0 heterocycles. The third-order valence-electron chi connectivity index (χ3n) is 5.53. The van der Waals surface area contributed by atoms with Crippen LogP contribution in [0.2, 0.25) is 0 Å². The van der Waals surface area contributed by atoms with E-state index in [0.29, 0.717) is 12.8 Å². The van der Waals surface area contributed by atoms with Gasteiger partial charge in [0.15, 0.2) is 5.60 Å². The van der Waals surface area contributed by atoms with Crippen LogP contribution in [0.15, 0.2) is 0 Å². The summed E-state index contributed by atoms with van der Waals surface area (Å²) in [6.07, 6.45) is 10.2. The van der Waals surface area contributed by atoms with Gasteiger partial charge in [0.2, 0.25) is 0 Å². The predicted octanol–water partition coefficient (Wildman–Crippen LogP) is 5.65. The van der Waals surface area contributed by atoms with Crippen molar-refractivity contribution < 1.29 is 33.7 Å². The molecule has 194 valence electrons. The fourth-order valence-electron chi connectivity index (χ4n) is 3.54. The minimum atomic E-state index is -2.29. The molecule has 0 fully saturated rings. The molecule has 0 bridgehead atoms. The van der Waals surface area contributed by atoms with Crippen molar-refractivity contribution in [3.63, 3.8) is 0 Å². The lowest BCUT2D eigenvalue weighted by molar-refractivity contribution is -0.179. The summed E-state index contributed by atoms with van der Waals surface area (Å²) in [6, 6.07) is 0. The van der Waals surface area contributed by atoms with E-state index in [0.717, 1.165) is 70.6 Å². The fraction of sp³-hybridized carbons (Fsp3) is 0.885. The Balaban J connectivity index is 5.05. The fourth-order valence-corrected chi connectivity index (χ4v) is 3.54. The second-order valence-electron chi connectivity index (χ2n) is 8.91. The Hall–Kier alpha value is -1.63. The standard InChI is InChI=1S/C26H48O7/c1-5-9-12-13-17-22(16-8-4)33-24(28)21-26(30,25(29)32-19-15-11-7-3)20-23(27)31-18-14-10-6-2/h22,30H,5-21H2,1-4H3. The van der Waals surface area contributed by atoms with Crippen LogP contribution in [0.1, 0.15) is 124 Å². The number of ether oxygens (including phenoxy) is 3. The lowest BCUT2D eigenvalue weighted by atomic mass is 9.95. The van der Waals surface area contributed by atoms with Crippen LogP contribution in [0, 0.1) is 0 Å². The summed E-state index contributed by atoms with van der Waals surface area (Å²) < 4.78 is 15.9. The van der Waals surface area contributed by atoms with Crippen LogP contribution in [0.4, 0.5) is 0 Å². The van der Waals surface area contributed by atoms with E-state index in [2.05, 4.69) is 6.92 Å². The second kappa shape index (κ2) is 19.8. The smallest absolute Gasteiger partial charge is 0.339 e. The summed E-state index contributed by atoms with van der Waals surface area (Å²) in [6.45, 7) is 8.57. The van der Waals surface area contributed by atoms with E-state index in [1.807, 2.05) is 20.8 Å². The Kier molecular flexibility index (Phi) is 18.8. The third-order valence-corrected chi connectivity index (χ3v) is 5.53. The zero-order valence-corrected chi connectivity index (χ0v) is 21.5. The minimum absolute atomic E-state index is 0.130. The van der Waals surface area contributed by atoms with Gasteiger partial charge in [-0.05, 0) is 32.1 Å². The van der Waals surface area contributed by atoms with Gasteiger partial charge in [0.05, 0.1) is 26.1 Å². The van der Waals surface area contributed by atoms with Crippen molar-refractivity contribution in [3.8, 4) is 0 Å². The quantitative estimate of drug-likeness (QED) is 0.131. The molecule has 0 radical (unpaired) electrons. The molecule has 0 amide bonds. The van der Waals surface area contributed by atoms with Crippen molar-refractivity contribution in [3.05, 3.63) is 0 Å². The third kappa shape index (κ3) is 15.8. The summed E-state index contributed by atoms with van der Waals surface area (Å²) in [5, 5.41) is 11.0. The van der Waals surface area contributed by atoms with Crippen molar-refractivity contribution >= 4 is 17.9 Å². The maximum Gasteiger partial charge on any atom is 0.339 e. The highest BCUT2D eigenvalue weighted by Crippen LogP contribution is 2.22. The van der Waals surface area contributed by atoms with E-state index in [9.17, 15) is 19.5 Å². The number of hydrogen-bond donors (Lipinski definition) is 1. The van der Waals surface area contributed by atoms with Crippen molar-refractivity contribution in [1.29, 1.82) is 0 Å². The van der Waals surface area contributed by atoms with E-state index in [4.69, 9.17) is 14.2 Å². The van der Waals surface area contributed by atoms with Crippen LogP contribution >= 0.6 is 0 Å². The lowest BCUT2D eigenvalue weighted by Crippen LogP contribution is -2.45. The Labute approximate surface area is 200 Å². The van der Waals surface area contributed by atoms with E-state index < -0.39 is 36.4 Å². The first kappa shape index (κ1) is 31.4. The number of unbranched alkanes of at least 4 members (excludes halogenated alkanes) is 7. The maximum absolute atomic E-state index is 12.7. The largest absolute Gasteiger partial charge is 0.466 e. The van der Waals surface area contributed by atoms with E-state index in [1.54, 1.807) is 0 Å². The molecule has 0 aliphatic rings. The second-order valence-corrected chi connectivity index (χ2v) is 8.91. The monoisotopic (exact) mass is 472 g/mol. The number of esters is 3. The average Bonchev–Trinajstić information content (AvgIpc) is 2.77. The molecular formula is C26H48O7. The highest BCUT2D eigenvalue weighted by molar-refractivity contribution is 5.90.